The number of hydrogen-bond acceptors (Lipinski definition) is 3. The van der Waals surface area contributed by atoms with Crippen LogP contribution in [0.1, 0.15) is 12.7 Å². The number of imidazole rings is 1. The van der Waals surface area contributed by atoms with Crippen molar-refractivity contribution in [1.29, 1.82) is 0 Å². The van der Waals surface area contributed by atoms with Crippen molar-refractivity contribution in [3.05, 3.63) is 18.2 Å². The Hall–Kier alpha value is -0.840. The van der Waals surface area contributed by atoms with Crippen LogP contribution in [0.5, 0.6) is 0 Å². The number of halogens is 1. The molecule has 0 radical (unpaired) electrons. The van der Waals surface area contributed by atoms with Gasteiger partial charge in [-0.2, -0.15) is 0 Å². The molecule has 0 fully saturated rings. The second-order valence-electron chi connectivity index (χ2n) is 1.74. The van der Waals surface area contributed by atoms with Crippen molar-refractivity contribution in [1.82, 2.24) is 9.97 Å². The summed E-state index contributed by atoms with van der Waals surface area (Å²) < 4.78 is 0.573. The van der Waals surface area contributed by atoms with Gasteiger partial charge in [-0.25, -0.2) is 4.98 Å². The van der Waals surface area contributed by atoms with Crippen molar-refractivity contribution in [3.8, 4) is 0 Å². The SMILES string of the molecule is CCON=C(Br)c1ncc[nH]1. The summed E-state index contributed by atoms with van der Waals surface area (Å²) in [6.45, 7) is 2.42. The van der Waals surface area contributed by atoms with Crippen molar-refractivity contribution in [2.24, 2.45) is 5.16 Å². The van der Waals surface area contributed by atoms with Gasteiger partial charge in [-0.15, -0.1) is 0 Å². The van der Waals surface area contributed by atoms with E-state index in [1.807, 2.05) is 6.92 Å². The van der Waals surface area contributed by atoms with Crippen LogP contribution in [0.3, 0.4) is 0 Å². The highest BCUT2D eigenvalue weighted by atomic mass is 79.9. The van der Waals surface area contributed by atoms with E-state index in [1.165, 1.54) is 0 Å². The summed E-state index contributed by atoms with van der Waals surface area (Å²) in [5.41, 5.74) is 0. The molecule has 1 N–H and O–H groups in total. The molecule has 0 spiro atoms. The Kier molecular flexibility index (Phi) is 3.10. The van der Waals surface area contributed by atoms with Crippen molar-refractivity contribution in [2.45, 2.75) is 6.92 Å². The Bertz CT molecular complexity index is 232. The van der Waals surface area contributed by atoms with Gasteiger partial charge in [0.1, 0.15) is 6.61 Å². The average Bonchev–Trinajstić information content (AvgIpc) is 2.52. The zero-order valence-corrected chi connectivity index (χ0v) is 7.63. The molecule has 1 heterocycles. The highest BCUT2D eigenvalue weighted by Gasteiger charge is 2.00. The lowest BCUT2D eigenvalue weighted by atomic mass is 10.7. The summed E-state index contributed by atoms with van der Waals surface area (Å²) in [6, 6.07) is 0. The molecule has 0 amide bonds. The number of nitrogens with one attached hydrogen (secondary N) is 1. The minimum atomic E-state index is 0.551. The van der Waals surface area contributed by atoms with Crippen molar-refractivity contribution >= 4 is 20.6 Å². The summed E-state index contributed by atoms with van der Waals surface area (Å²) in [5.74, 6) is 0.665. The van der Waals surface area contributed by atoms with E-state index < -0.39 is 0 Å². The molecule has 0 aromatic carbocycles. The highest BCUT2D eigenvalue weighted by Crippen LogP contribution is 2.00. The summed E-state index contributed by atoms with van der Waals surface area (Å²) in [7, 11) is 0. The maximum atomic E-state index is 4.80. The second-order valence-corrected chi connectivity index (χ2v) is 2.49. The molecule has 5 heteroatoms. The third kappa shape index (κ3) is 2.34. The predicted molar refractivity (Wildman–Crippen MR) is 45.7 cm³/mol. The monoisotopic (exact) mass is 217 g/mol. The Labute approximate surface area is 72.8 Å². The van der Waals surface area contributed by atoms with Crippen molar-refractivity contribution < 1.29 is 4.84 Å². The third-order valence-corrected chi connectivity index (χ3v) is 1.49. The van der Waals surface area contributed by atoms with Crippen LogP contribution in [-0.2, 0) is 4.84 Å². The van der Waals surface area contributed by atoms with Gasteiger partial charge in [0, 0.05) is 12.4 Å². The maximum Gasteiger partial charge on any atom is 0.187 e. The molecule has 0 bridgehead atoms. The van der Waals surface area contributed by atoms with Gasteiger partial charge in [0.05, 0.1) is 0 Å². The Morgan fingerprint density at radius 2 is 2.73 bits per heavy atom. The van der Waals surface area contributed by atoms with Gasteiger partial charge >= 0.3 is 0 Å². The molecule has 0 unspecified atom stereocenters. The minimum Gasteiger partial charge on any atom is -0.395 e. The molecule has 0 aliphatic carbocycles. The summed E-state index contributed by atoms with van der Waals surface area (Å²) in [6.07, 6.45) is 3.37. The van der Waals surface area contributed by atoms with Crippen LogP contribution in [0.2, 0.25) is 0 Å². The lowest BCUT2D eigenvalue weighted by molar-refractivity contribution is 0.160. The first kappa shape index (κ1) is 8.26. The van der Waals surface area contributed by atoms with E-state index in [9.17, 15) is 0 Å². The third-order valence-electron chi connectivity index (χ3n) is 0.967. The standard InChI is InChI=1S/C6H8BrN3O/c1-2-11-10-5(7)6-8-3-4-9-6/h3-4H,2H2,1H3,(H,8,9). The normalized spacial score (nSPS) is 11.6. The second kappa shape index (κ2) is 4.12. The average molecular weight is 218 g/mol. The van der Waals surface area contributed by atoms with E-state index in [4.69, 9.17) is 4.84 Å². The topological polar surface area (TPSA) is 50.3 Å². The van der Waals surface area contributed by atoms with Gasteiger partial charge in [0.15, 0.2) is 10.4 Å². The van der Waals surface area contributed by atoms with Crippen LogP contribution in [0.4, 0.5) is 0 Å². The molecule has 1 aromatic rings. The maximum absolute atomic E-state index is 4.80. The fourth-order valence-electron chi connectivity index (χ4n) is 0.543. The van der Waals surface area contributed by atoms with E-state index >= 15 is 0 Å². The quantitative estimate of drug-likeness (QED) is 0.617. The van der Waals surface area contributed by atoms with Crippen LogP contribution in [0.15, 0.2) is 17.5 Å². The van der Waals surface area contributed by atoms with Crippen LogP contribution < -0.4 is 0 Å². The van der Waals surface area contributed by atoms with Crippen molar-refractivity contribution in [2.75, 3.05) is 6.61 Å². The summed E-state index contributed by atoms with van der Waals surface area (Å²) >= 11 is 3.20. The first-order valence-electron chi connectivity index (χ1n) is 3.19. The van der Waals surface area contributed by atoms with Gasteiger partial charge in [0.2, 0.25) is 0 Å². The molecular formula is C6H8BrN3O. The van der Waals surface area contributed by atoms with Crippen LogP contribution in [0.25, 0.3) is 0 Å². The van der Waals surface area contributed by atoms with Crippen LogP contribution in [-0.4, -0.2) is 21.2 Å². The molecule has 60 valence electrons. The molecule has 0 aliphatic heterocycles. The smallest absolute Gasteiger partial charge is 0.187 e. The van der Waals surface area contributed by atoms with Crippen LogP contribution in [0, 0.1) is 0 Å². The van der Waals surface area contributed by atoms with E-state index in [1.54, 1.807) is 12.4 Å². The number of aromatic amines is 1. The van der Waals surface area contributed by atoms with Gasteiger partial charge in [-0.1, -0.05) is 5.16 Å². The largest absolute Gasteiger partial charge is 0.395 e. The number of H-pyrrole nitrogens is 1. The van der Waals surface area contributed by atoms with Crippen molar-refractivity contribution in [3.63, 3.8) is 0 Å². The molecule has 4 nitrogen and oxygen atoms in total. The summed E-state index contributed by atoms with van der Waals surface area (Å²) in [4.78, 5) is 11.6. The molecule has 0 atom stereocenters. The minimum absolute atomic E-state index is 0.551. The molecule has 1 aromatic heterocycles. The van der Waals surface area contributed by atoms with Gasteiger partial charge in [-0.3, -0.25) is 0 Å². The number of hydrogen-bond donors (Lipinski definition) is 1. The summed E-state index contributed by atoms with van der Waals surface area (Å²) in [5, 5.41) is 3.72. The highest BCUT2D eigenvalue weighted by molar-refractivity contribution is 9.18. The molecule has 0 aliphatic rings. The molecule has 0 saturated heterocycles. The zero-order valence-electron chi connectivity index (χ0n) is 6.04. The van der Waals surface area contributed by atoms with Gasteiger partial charge in [0.25, 0.3) is 0 Å². The first-order valence-corrected chi connectivity index (χ1v) is 3.99. The van der Waals surface area contributed by atoms with E-state index in [0.29, 0.717) is 17.1 Å². The zero-order chi connectivity index (χ0) is 8.10. The first-order chi connectivity index (χ1) is 5.34. The van der Waals surface area contributed by atoms with Crippen LogP contribution >= 0.6 is 15.9 Å². The lowest BCUT2D eigenvalue weighted by Crippen LogP contribution is -1.94. The Balaban J connectivity index is 2.62. The number of oxime groups is 1. The fraction of sp³-hybridized carbons (Fsp3) is 0.333. The van der Waals surface area contributed by atoms with E-state index in [-0.39, 0.29) is 0 Å². The van der Waals surface area contributed by atoms with Gasteiger partial charge in [-0.05, 0) is 22.9 Å². The number of aromatic nitrogens is 2. The Morgan fingerprint density at radius 3 is 3.27 bits per heavy atom. The molecule has 1 rings (SSSR count). The molecule has 0 saturated carbocycles. The number of nitrogens with zero attached hydrogens (tertiary/aromatic N) is 2. The van der Waals surface area contributed by atoms with E-state index in [0.717, 1.165) is 0 Å². The predicted octanol–water partition coefficient (Wildman–Crippen LogP) is 1.50. The van der Waals surface area contributed by atoms with Gasteiger partial charge < -0.3 is 9.82 Å². The fourth-order valence-corrected chi connectivity index (χ4v) is 0.862. The Morgan fingerprint density at radius 1 is 1.91 bits per heavy atom. The number of rotatable bonds is 3. The lowest BCUT2D eigenvalue weighted by Gasteiger charge is -1.93. The van der Waals surface area contributed by atoms with E-state index in [2.05, 4.69) is 31.1 Å². The molecule has 11 heavy (non-hydrogen) atoms. The molecular weight excluding hydrogens is 210 g/mol.